The zero-order valence-corrected chi connectivity index (χ0v) is 27.1. The zero-order chi connectivity index (χ0) is 41.9. The first kappa shape index (κ1) is 42.7. The lowest BCUT2D eigenvalue weighted by Gasteiger charge is -2.44. The van der Waals surface area contributed by atoms with Crippen molar-refractivity contribution in [2.75, 3.05) is 12.5 Å². The van der Waals surface area contributed by atoms with Crippen molar-refractivity contribution in [1.29, 1.82) is 0 Å². The first-order valence-electron chi connectivity index (χ1n) is 14.0. The van der Waals surface area contributed by atoms with Crippen molar-refractivity contribution in [2.24, 2.45) is 0 Å². The SMILES string of the molecule is C[S+](C)c1ccc(O)cc1.Fc1c(F)c(F)c([B-](c2c(F)c(F)c(F)c(F)c2F)(c2c(F)c(F)c(F)c(F)c2F)c2c(F)c(F)c(F)c(F)c2F)c(F)c1F. The third kappa shape index (κ3) is 6.48. The quantitative estimate of drug-likeness (QED) is 0.0641. The van der Waals surface area contributed by atoms with Gasteiger partial charge in [-0.1, -0.05) is 0 Å². The van der Waals surface area contributed by atoms with Gasteiger partial charge < -0.3 is 5.11 Å². The van der Waals surface area contributed by atoms with Gasteiger partial charge in [-0.3, -0.25) is 0 Å². The average molecular weight is 834 g/mol. The van der Waals surface area contributed by atoms with Gasteiger partial charge in [-0.2, -0.15) is 0 Å². The highest BCUT2D eigenvalue weighted by molar-refractivity contribution is 7.95. The Bertz CT molecular complexity index is 1990. The molecule has 1 N–H and O–H groups in total. The minimum Gasteiger partial charge on any atom is -0.508 e. The molecule has 0 unspecified atom stereocenters. The molecule has 5 aromatic carbocycles. The van der Waals surface area contributed by atoms with Crippen LogP contribution in [0.4, 0.5) is 87.8 Å². The number of benzene rings is 5. The predicted molar refractivity (Wildman–Crippen MR) is 155 cm³/mol. The van der Waals surface area contributed by atoms with Gasteiger partial charge in [-0.25, -0.2) is 87.8 Å². The maximum atomic E-state index is 15.4. The van der Waals surface area contributed by atoms with Crippen molar-refractivity contribution in [3.63, 3.8) is 0 Å². The van der Waals surface area contributed by atoms with Gasteiger partial charge in [0.1, 0.15) is 70.9 Å². The van der Waals surface area contributed by atoms with Crippen molar-refractivity contribution in [3.8, 4) is 5.75 Å². The standard InChI is InChI=1S/C24BF20.C8H10OS/c26-5-1(6(27)14(35)21(42)13(5)34)25(2-7(28)15(36)22(43)16(37)8(2)29,3-9(30)17(38)23(44)18(39)10(3)31)4-11(32)19(40)24(45)20(41)12(4)33;1-10(2)8-5-3-7(9)4-6-8/h;3-6H,1-2H3/q-1;/p+1. The molecule has 55 heavy (non-hydrogen) atoms. The monoisotopic (exact) mass is 834 g/mol. The summed E-state index contributed by atoms with van der Waals surface area (Å²) in [5, 5.41) is 8.94. The first-order valence-corrected chi connectivity index (χ1v) is 16.0. The molecule has 23 heteroatoms. The van der Waals surface area contributed by atoms with Crippen LogP contribution < -0.4 is 21.9 Å². The molecule has 0 saturated carbocycles. The summed E-state index contributed by atoms with van der Waals surface area (Å²) >= 11 is 0. The molecule has 0 aliphatic carbocycles. The summed E-state index contributed by atoms with van der Waals surface area (Å²) in [5.74, 6) is -71.1. The van der Waals surface area contributed by atoms with Crippen molar-refractivity contribution in [3.05, 3.63) is 141 Å². The Balaban J connectivity index is 0.000000583. The van der Waals surface area contributed by atoms with Crippen LogP contribution in [-0.2, 0) is 10.9 Å². The smallest absolute Gasteiger partial charge is 0.200 e. The van der Waals surface area contributed by atoms with Crippen LogP contribution in [0.2, 0.25) is 0 Å². The largest absolute Gasteiger partial charge is 0.508 e. The summed E-state index contributed by atoms with van der Waals surface area (Å²) < 4.78 is 294. The molecule has 5 aromatic rings. The molecule has 0 spiro atoms. The van der Waals surface area contributed by atoms with Gasteiger partial charge in [0, 0.05) is 10.9 Å². The third-order valence-corrected chi connectivity index (χ3v) is 9.23. The van der Waals surface area contributed by atoms with Gasteiger partial charge in [0.25, 0.3) is 0 Å². The van der Waals surface area contributed by atoms with E-state index in [-0.39, 0.29) is 0 Å². The van der Waals surface area contributed by atoms with Crippen LogP contribution in [0.3, 0.4) is 0 Å². The van der Waals surface area contributed by atoms with Crippen molar-refractivity contribution >= 4 is 38.9 Å². The first-order chi connectivity index (χ1) is 25.4. The normalized spacial score (nSPS) is 11.7. The van der Waals surface area contributed by atoms with Crippen LogP contribution in [0.1, 0.15) is 0 Å². The summed E-state index contributed by atoms with van der Waals surface area (Å²) in [7, 11) is 0.302. The number of hydrogen-bond donors (Lipinski definition) is 1. The molecular weight excluding hydrogens is 823 g/mol. The summed E-state index contributed by atoms with van der Waals surface area (Å²) in [6, 6.07) is 7.36. The van der Waals surface area contributed by atoms with E-state index in [0.29, 0.717) is 16.6 Å². The van der Waals surface area contributed by atoms with E-state index in [4.69, 9.17) is 5.11 Å². The number of halogens is 20. The predicted octanol–water partition coefficient (Wildman–Crippen LogP) is 7.48. The summed E-state index contributed by atoms with van der Waals surface area (Å²) in [6.45, 7) is 0. The molecule has 294 valence electrons. The lowest BCUT2D eigenvalue weighted by atomic mass is 9.12. The highest BCUT2D eigenvalue weighted by atomic mass is 32.2. The van der Waals surface area contributed by atoms with Gasteiger partial charge in [0.2, 0.25) is 0 Å². The molecule has 0 aliphatic heterocycles. The lowest BCUT2D eigenvalue weighted by Crippen LogP contribution is -2.81. The zero-order valence-electron chi connectivity index (χ0n) is 26.3. The second-order valence-corrected chi connectivity index (χ2v) is 13.2. The molecule has 0 heterocycles. The van der Waals surface area contributed by atoms with Crippen LogP contribution in [0.15, 0.2) is 29.2 Å². The van der Waals surface area contributed by atoms with Gasteiger partial charge in [0.05, 0.1) is 0 Å². The second-order valence-electron chi connectivity index (χ2n) is 11.1. The molecule has 0 atom stereocenters. The molecule has 1 nitrogen and oxygen atoms in total. The van der Waals surface area contributed by atoms with Crippen molar-refractivity contribution < 1.29 is 92.9 Å². The van der Waals surface area contributed by atoms with Gasteiger partial charge in [0.15, 0.2) is 74.7 Å². The Morgan fingerprint density at radius 1 is 0.309 bits per heavy atom. The van der Waals surface area contributed by atoms with E-state index < -0.39 is 144 Å². The molecular formula is C32H11BF20OS. The maximum Gasteiger partial charge on any atom is 0.200 e. The Labute approximate surface area is 295 Å². The Kier molecular flexibility index (Phi) is 11.8. The highest BCUT2D eigenvalue weighted by Gasteiger charge is 2.52. The van der Waals surface area contributed by atoms with Gasteiger partial charge >= 0.3 is 0 Å². The molecule has 0 radical (unpaired) electrons. The van der Waals surface area contributed by atoms with Crippen molar-refractivity contribution in [2.45, 2.75) is 4.90 Å². The van der Waals surface area contributed by atoms with E-state index in [2.05, 4.69) is 12.5 Å². The van der Waals surface area contributed by atoms with E-state index in [1.165, 1.54) is 4.90 Å². The number of phenolic OH excluding ortho intramolecular Hbond substituents is 1. The van der Waals surface area contributed by atoms with Crippen LogP contribution in [0.5, 0.6) is 5.75 Å². The third-order valence-electron chi connectivity index (χ3n) is 8.02. The van der Waals surface area contributed by atoms with E-state index >= 15 is 35.1 Å². The highest BCUT2D eigenvalue weighted by Crippen LogP contribution is 2.30. The molecule has 0 aliphatic rings. The van der Waals surface area contributed by atoms with Gasteiger partial charge in [-0.05, 0) is 24.3 Å². The van der Waals surface area contributed by atoms with Crippen LogP contribution >= 0.6 is 0 Å². The number of aromatic hydroxyl groups is 1. The average Bonchev–Trinajstić information content (AvgIpc) is 3.15. The fourth-order valence-corrected chi connectivity index (χ4v) is 6.27. The number of rotatable bonds is 5. The van der Waals surface area contributed by atoms with Crippen molar-refractivity contribution in [1.82, 2.24) is 0 Å². The second kappa shape index (κ2) is 15.2. The molecule has 5 rings (SSSR count). The molecule has 0 bridgehead atoms. The Morgan fingerprint density at radius 2 is 0.473 bits per heavy atom. The van der Waals surface area contributed by atoms with Gasteiger partial charge in [-0.15, -0.1) is 21.9 Å². The summed E-state index contributed by atoms with van der Waals surface area (Å²) in [5.41, 5.74) is -14.3. The Hall–Kier alpha value is -5.09. The minimum atomic E-state index is -7.22. The number of phenols is 1. The van der Waals surface area contributed by atoms with E-state index in [1.54, 1.807) is 12.1 Å². The summed E-state index contributed by atoms with van der Waals surface area (Å²) in [4.78, 5) is 1.29. The topological polar surface area (TPSA) is 20.2 Å². The van der Waals surface area contributed by atoms with Crippen LogP contribution in [-0.4, -0.2) is 23.8 Å². The molecule has 0 saturated heterocycles. The lowest BCUT2D eigenvalue weighted by molar-refractivity contribution is 0.378. The van der Waals surface area contributed by atoms with E-state index in [0.717, 1.165) is 0 Å². The van der Waals surface area contributed by atoms with Crippen LogP contribution in [0.25, 0.3) is 0 Å². The maximum absolute atomic E-state index is 15.4. The fraction of sp³-hybridized carbons (Fsp3) is 0.0625. The summed E-state index contributed by atoms with van der Waals surface area (Å²) in [6.07, 6.45) is -2.90. The van der Waals surface area contributed by atoms with Crippen LogP contribution in [0, 0.1) is 116 Å². The number of hydrogen-bond acceptors (Lipinski definition) is 1. The fourth-order valence-electron chi connectivity index (χ4n) is 5.59. The molecule has 0 aromatic heterocycles. The molecule has 0 fully saturated rings. The van der Waals surface area contributed by atoms with E-state index in [9.17, 15) is 52.7 Å². The minimum absolute atomic E-state index is 0.302. The van der Waals surface area contributed by atoms with E-state index in [1.807, 2.05) is 12.1 Å². The molecule has 0 amide bonds. The Morgan fingerprint density at radius 3 is 0.636 bits per heavy atom.